The molecule has 2 aromatic carbocycles. The van der Waals surface area contributed by atoms with Crippen molar-refractivity contribution in [2.24, 2.45) is 0 Å². The summed E-state index contributed by atoms with van der Waals surface area (Å²) in [6, 6.07) is 8.67. The second-order valence-corrected chi connectivity index (χ2v) is 9.40. The minimum Gasteiger partial charge on any atom is -0.326 e. The molecule has 32 heavy (non-hydrogen) atoms. The number of halogens is 1. The third-order valence-electron chi connectivity index (χ3n) is 5.29. The SMILES string of the molecule is CCC(C)N(C1CC(=O)N(c2ccc(F)cc2)C1=O)S(=O)(=O)c1ccc(NC(C)=O)cc1. The number of nitrogens with one attached hydrogen (secondary N) is 1. The molecule has 2 aromatic rings. The molecule has 1 heterocycles. The van der Waals surface area contributed by atoms with Gasteiger partial charge in [0.15, 0.2) is 0 Å². The molecule has 1 N–H and O–H groups in total. The zero-order valence-electron chi connectivity index (χ0n) is 17.9. The van der Waals surface area contributed by atoms with E-state index in [-0.39, 0.29) is 22.9 Å². The Morgan fingerprint density at radius 3 is 2.28 bits per heavy atom. The van der Waals surface area contributed by atoms with Gasteiger partial charge in [0.1, 0.15) is 11.9 Å². The smallest absolute Gasteiger partial charge is 0.252 e. The maximum absolute atomic E-state index is 13.5. The molecule has 0 aliphatic carbocycles. The van der Waals surface area contributed by atoms with Gasteiger partial charge < -0.3 is 5.32 Å². The summed E-state index contributed by atoms with van der Waals surface area (Å²) in [6.45, 7) is 4.79. The number of sulfonamides is 1. The first kappa shape index (κ1) is 23.6. The van der Waals surface area contributed by atoms with Crippen molar-refractivity contribution in [1.29, 1.82) is 0 Å². The van der Waals surface area contributed by atoms with Crippen molar-refractivity contribution in [3.63, 3.8) is 0 Å². The van der Waals surface area contributed by atoms with E-state index in [1.165, 1.54) is 43.3 Å². The molecule has 3 rings (SSSR count). The van der Waals surface area contributed by atoms with Crippen molar-refractivity contribution in [3.05, 3.63) is 54.3 Å². The summed E-state index contributed by atoms with van der Waals surface area (Å²) >= 11 is 0. The predicted octanol–water partition coefficient (Wildman–Crippen LogP) is 2.91. The van der Waals surface area contributed by atoms with Gasteiger partial charge in [0.2, 0.25) is 21.8 Å². The number of imide groups is 1. The Bertz CT molecular complexity index is 1130. The quantitative estimate of drug-likeness (QED) is 0.639. The number of carbonyl (C=O) groups is 3. The highest BCUT2D eigenvalue weighted by Gasteiger charge is 2.48. The van der Waals surface area contributed by atoms with Gasteiger partial charge in [0.05, 0.1) is 17.0 Å². The van der Waals surface area contributed by atoms with Crippen LogP contribution in [0.5, 0.6) is 0 Å². The van der Waals surface area contributed by atoms with E-state index in [2.05, 4.69) is 5.32 Å². The van der Waals surface area contributed by atoms with Crippen LogP contribution in [0.4, 0.5) is 15.8 Å². The first-order valence-corrected chi connectivity index (χ1v) is 11.5. The van der Waals surface area contributed by atoms with E-state index in [0.29, 0.717) is 12.1 Å². The van der Waals surface area contributed by atoms with Gasteiger partial charge in [-0.05, 0) is 61.9 Å². The Morgan fingerprint density at radius 2 is 1.75 bits per heavy atom. The molecule has 1 fully saturated rings. The minimum absolute atomic E-state index is 0.0626. The van der Waals surface area contributed by atoms with Crippen LogP contribution in [0.25, 0.3) is 0 Å². The molecular formula is C22H24FN3O5S. The molecule has 1 saturated heterocycles. The third kappa shape index (κ3) is 4.56. The number of amides is 3. The van der Waals surface area contributed by atoms with E-state index in [1.54, 1.807) is 13.8 Å². The molecule has 3 amide bonds. The standard InChI is InChI=1S/C22H24FN3O5S/c1-4-14(2)26(32(30,31)19-11-7-17(8-12-19)24-15(3)27)20-13-21(28)25(22(20)29)18-9-5-16(23)6-10-18/h5-12,14,20H,4,13H2,1-3H3,(H,24,27). The highest BCUT2D eigenvalue weighted by atomic mass is 32.2. The fourth-order valence-electron chi connectivity index (χ4n) is 3.60. The van der Waals surface area contributed by atoms with E-state index in [4.69, 9.17) is 0 Å². The van der Waals surface area contributed by atoms with E-state index in [9.17, 15) is 27.2 Å². The summed E-state index contributed by atoms with van der Waals surface area (Å²) in [4.78, 5) is 37.9. The third-order valence-corrected chi connectivity index (χ3v) is 7.33. The number of benzene rings is 2. The fraction of sp³-hybridized carbons (Fsp3) is 0.318. The summed E-state index contributed by atoms with van der Waals surface area (Å²) in [5, 5.41) is 2.56. The summed E-state index contributed by atoms with van der Waals surface area (Å²) in [5.74, 6) is -2.05. The Hall–Kier alpha value is -3.11. The monoisotopic (exact) mass is 461 g/mol. The van der Waals surface area contributed by atoms with E-state index in [0.717, 1.165) is 21.3 Å². The predicted molar refractivity (Wildman–Crippen MR) is 117 cm³/mol. The first-order chi connectivity index (χ1) is 15.1. The number of hydrogen-bond acceptors (Lipinski definition) is 5. The molecule has 10 heteroatoms. The van der Waals surface area contributed by atoms with Gasteiger partial charge in [-0.3, -0.25) is 14.4 Å². The molecule has 1 aliphatic heterocycles. The topological polar surface area (TPSA) is 104 Å². The Kier molecular flexibility index (Phi) is 6.75. The average molecular weight is 462 g/mol. The van der Waals surface area contributed by atoms with Gasteiger partial charge in [-0.15, -0.1) is 0 Å². The summed E-state index contributed by atoms with van der Waals surface area (Å²) in [7, 11) is -4.15. The molecule has 2 atom stereocenters. The van der Waals surface area contributed by atoms with Gasteiger partial charge in [0.25, 0.3) is 5.91 Å². The van der Waals surface area contributed by atoms with Gasteiger partial charge in [-0.1, -0.05) is 6.92 Å². The molecule has 0 saturated carbocycles. The van der Waals surface area contributed by atoms with Crippen molar-refractivity contribution in [1.82, 2.24) is 4.31 Å². The maximum Gasteiger partial charge on any atom is 0.252 e. The van der Waals surface area contributed by atoms with Crippen LogP contribution in [0, 0.1) is 5.82 Å². The summed E-state index contributed by atoms with van der Waals surface area (Å²) < 4.78 is 41.3. The molecule has 0 bridgehead atoms. The van der Waals surface area contributed by atoms with Gasteiger partial charge in [-0.25, -0.2) is 17.7 Å². The lowest BCUT2D eigenvalue weighted by atomic mass is 10.2. The number of hydrogen-bond donors (Lipinski definition) is 1. The zero-order chi connectivity index (χ0) is 23.6. The van der Waals surface area contributed by atoms with Crippen LogP contribution in [0.15, 0.2) is 53.4 Å². The van der Waals surface area contributed by atoms with Crippen LogP contribution in [-0.4, -0.2) is 42.5 Å². The fourth-order valence-corrected chi connectivity index (χ4v) is 5.45. The lowest BCUT2D eigenvalue weighted by Gasteiger charge is -2.31. The first-order valence-electron chi connectivity index (χ1n) is 10.1. The van der Waals surface area contributed by atoms with Crippen LogP contribution >= 0.6 is 0 Å². The summed E-state index contributed by atoms with van der Waals surface area (Å²) in [5.41, 5.74) is 0.617. The van der Waals surface area contributed by atoms with E-state index < -0.39 is 39.7 Å². The molecule has 170 valence electrons. The van der Waals surface area contributed by atoms with Crippen LogP contribution < -0.4 is 10.2 Å². The Morgan fingerprint density at radius 1 is 1.16 bits per heavy atom. The highest BCUT2D eigenvalue weighted by Crippen LogP contribution is 2.32. The molecular weight excluding hydrogens is 437 g/mol. The lowest BCUT2D eigenvalue weighted by molar-refractivity contribution is -0.122. The van der Waals surface area contributed by atoms with Crippen molar-refractivity contribution in [3.8, 4) is 0 Å². The van der Waals surface area contributed by atoms with Crippen molar-refractivity contribution in [2.75, 3.05) is 10.2 Å². The second-order valence-electron chi connectivity index (χ2n) is 7.56. The normalized spacial score (nSPS) is 17.7. The second kappa shape index (κ2) is 9.17. The van der Waals surface area contributed by atoms with E-state index >= 15 is 0 Å². The van der Waals surface area contributed by atoms with E-state index in [1.807, 2.05) is 0 Å². The molecule has 8 nitrogen and oxygen atoms in total. The number of nitrogens with zero attached hydrogens (tertiary/aromatic N) is 2. The van der Waals surface area contributed by atoms with Crippen molar-refractivity contribution < 1.29 is 27.2 Å². The van der Waals surface area contributed by atoms with Gasteiger partial charge in [0, 0.05) is 18.7 Å². The zero-order valence-corrected chi connectivity index (χ0v) is 18.7. The highest BCUT2D eigenvalue weighted by molar-refractivity contribution is 7.89. The number of carbonyl (C=O) groups excluding carboxylic acids is 3. The largest absolute Gasteiger partial charge is 0.326 e. The van der Waals surface area contributed by atoms with Crippen LogP contribution in [0.2, 0.25) is 0 Å². The molecule has 0 radical (unpaired) electrons. The number of anilines is 2. The Labute approximate surface area is 186 Å². The maximum atomic E-state index is 13.5. The van der Waals surface area contributed by atoms with Gasteiger partial charge >= 0.3 is 0 Å². The molecule has 1 aliphatic rings. The lowest BCUT2D eigenvalue weighted by Crippen LogP contribution is -2.49. The average Bonchev–Trinajstić information content (AvgIpc) is 3.02. The van der Waals surface area contributed by atoms with Crippen LogP contribution in [-0.2, 0) is 24.4 Å². The van der Waals surface area contributed by atoms with Crippen LogP contribution in [0.3, 0.4) is 0 Å². The van der Waals surface area contributed by atoms with Gasteiger partial charge in [-0.2, -0.15) is 4.31 Å². The molecule has 0 aromatic heterocycles. The van der Waals surface area contributed by atoms with Crippen molar-refractivity contribution in [2.45, 2.75) is 50.6 Å². The van der Waals surface area contributed by atoms with Crippen molar-refractivity contribution >= 4 is 39.1 Å². The minimum atomic E-state index is -4.15. The Balaban J connectivity index is 1.97. The molecule has 0 spiro atoms. The molecule has 2 unspecified atom stereocenters. The van der Waals surface area contributed by atoms with Crippen LogP contribution in [0.1, 0.15) is 33.6 Å². The summed E-state index contributed by atoms with van der Waals surface area (Å²) in [6.07, 6.45) is 0.0987. The number of rotatable bonds is 7.